The third kappa shape index (κ3) is 5.00. The monoisotopic (exact) mass is 549 g/mol. The smallest absolute Gasteiger partial charge is 0.320 e. The van der Waals surface area contributed by atoms with Crippen LogP contribution >= 0.6 is 0 Å². The molecule has 3 atom stereocenters. The second kappa shape index (κ2) is 10.9. The summed E-state index contributed by atoms with van der Waals surface area (Å²) in [5, 5.41) is 3.64. The third-order valence-corrected chi connectivity index (χ3v) is 9.68. The van der Waals surface area contributed by atoms with Crippen molar-refractivity contribution in [3.05, 3.63) is 76.3 Å². The Hall–Kier alpha value is -3.33. The lowest BCUT2D eigenvalue weighted by Gasteiger charge is -2.49. The molecule has 40 heavy (non-hydrogen) atoms. The van der Waals surface area contributed by atoms with Gasteiger partial charge in [0.05, 0.1) is 23.3 Å². The Morgan fingerprint density at radius 2 is 1.88 bits per heavy atom. The van der Waals surface area contributed by atoms with Crippen molar-refractivity contribution >= 4 is 16.9 Å². The fourth-order valence-corrected chi connectivity index (χ4v) is 7.47. The Balaban J connectivity index is 1.24. The van der Waals surface area contributed by atoms with E-state index >= 15 is 0 Å². The van der Waals surface area contributed by atoms with Gasteiger partial charge in [0.25, 0.3) is 5.56 Å². The summed E-state index contributed by atoms with van der Waals surface area (Å²) in [6, 6.07) is 10.8. The van der Waals surface area contributed by atoms with Crippen LogP contribution in [0.15, 0.2) is 53.6 Å². The van der Waals surface area contributed by atoms with E-state index in [1.54, 1.807) is 23.0 Å². The number of likely N-dealkylation sites (tertiary alicyclic amines) is 2. The highest BCUT2D eigenvalue weighted by atomic mass is 19.1. The molecule has 1 spiro atoms. The second-order valence-electron chi connectivity index (χ2n) is 11.9. The average molecular weight is 550 g/mol. The van der Waals surface area contributed by atoms with Gasteiger partial charge in [-0.3, -0.25) is 9.36 Å². The van der Waals surface area contributed by atoms with Crippen LogP contribution in [0.2, 0.25) is 0 Å². The van der Waals surface area contributed by atoms with E-state index in [0.29, 0.717) is 37.1 Å². The van der Waals surface area contributed by atoms with Gasteiger partial charge in [0, 0.05) is 32.2 Å². The van der Waals surface area contributed by atoms with E-state index in [9.17, 15) is 18.4 Å². The molecular weight excluding hydrogens is 512 g/mol. The van der Waals surface area contributed by atoms with Crippen molar-refractivity contribution < 1.29 is 13.6 Å². The number of carbonyl (C=O) groups is 1. The summed E-state index contributed by atoms with van der Waals surface area (Å²) < 4.78 is 29.7. The number of nitrogens with zero attached hydrogens (tertiary/aromatic N) is 4. The Morgan fingerprint density at radius 3 is 2.65 bits per heavy atom. The SMILES string of the molecule is CN[C@@H]1CCN(C(=O)N2CC[C@@H](Cn3cnc4ccc(F)cc4c3=O)C3(CCCC3)C2)[C@H](c2cccc(F)c2)C1. The maximum absolute atomic E-state index is 14.2. The zero-order valence-corrected chi connectivity index (χ0v) is 23.0. The number of nitrogens with one attached hydrogen (secondary N) is 1. The van der Waals surface area contributed by atoms with Gasteiger partial charge in [-0.25, -0.2) is 18.6 Å². The van der Waals surface area contributed by atoms with Gasteiger partial charge in [-0.05, 0) is 86.4 Å². The zero-order chi connectivity index (χ0) is 27.9. The summed E-state index contributed by atoms with van der Waals surface area (Å²) in [7, 11) is 1.94. The maximum atomic E-state index is 14.2. The third-order valence-electron chi connectivity index (χ3n) is 9.68. The van der Waals surface area contributed by atoms with Gasteiger partial charge in [-0.1, -0.05) is 25.0 Å². The summed E-state index contributed by atoms with van der Waals surface area (Å²) in [5.41, 5.74) is 1.04. The first-order valence-corrected chi connectivity index (χ1v) is 14.5. The number of benzene rings is 2. The number of aromatic nitrogens is 2. The predicted molar refractivity (Wildman–Crippen MR) is 150 cm³/mol. The normalized spacial score (nSPS) is 24.6. The molecule has 3 heterocycles. The Kier molecular flexibility index (Phi) is 7.33. The summed E-state index contributed by atoms with van der Waals surface area (Å²) in [5.74, 6) is -0.513. The van der Waals surface area contributed by atoms with Crippen molar-refractivity contribution in [3.8, 4) is 0 Å². The maximum Gasteiger partial charge on any atom is 0.320 e. The van der Waals surface area contributed by atoms with E-state index in [2.05, 4.69) is 10.3 Å². The Morgan fingerprint density at radius 1 is 1.07 bits per heavy atom. The minimum absolute atomic E-state index is 0.0218. The highest BCUT2D eigenvalue weighted by Crippen LogP contribution is 2.49. The van der Waals surface area contributed by atoms with Gasteiger partial charge in [-0.15, -0.1) is 0 Å². The minimum atomic E-state index is -0.446. The number of fused-ring (bicyclic) bond motifs is 1. The summed E-state index contributed by atoms with van der Waals surface area (Å²) >= 11 is 0. The number of urea groups is 1. The van der Waals surface area contributed by atoms with E-state index < -0.39 is 5.82 Å². The van der Waals surface area contributed by atoms with Crippen molar-refractivity contribution in [3.63, 3.8) is 0 Å². The highest BCUT2D eigenvalue weighted by molar-refractivity contribution is 5.77. The Labute approximate surface area is 233 Å². The fourth-order valence-electron chi connectivity index (χ4n) is 7.47. The van der Waals surface area contributed by atoms with Crippen molar-refractivity contribution in [1.29, 1.82) is 0 Å². The number of halogens is 2. The van der Waals surface area contributed by atoms with E-state index in [4.69, 9.17) is 0 Å². The molecule has 3 aliphatic rings. The van der Waals surface area contributed by atoms with E-state index in [1.807, 2.05) is 22.9 Å². The summed E-state index contributed by atoms with van der Waals surface area (Å²) in [6.45, 7) is 2.40. The first-order chi connectivity index (χ1) is 19.4. The van der Waals surface area contributed by atoms with Gasteiger partial charge in [-0.2, -0.15) is 0 Å². The first kappa shape index (κ1) is 26.9. The van der Waals surface area contributed by atoms with Crippen molar-refractivity contribution in [2.75, 3.05) is 26.7 Å². The molecule has 7 nitrogen and oxygen atoms in total. The average Bonchev–Trinajstić information content (AvgIpc) is 3.43. The van der Waals surface area contributed by atoms with Crippen LogP contribution in [-0.4, -0.2) is 58.1 Å². The lowest BCUT2D eigenvalue weighted by atomic mass is 9.69. The van der Waals surface area contributed by atoms with Crippen LogP contribution in [0.25, 0.3) is 10.9 Å². The molecule has 2 saturated heterocycles. The van der Waals surface area contributed by atoms with Crippen molar-refractivity contribution in [1.82, 2.24) is 24.7 Å². The van der Waals surface area contributed by atoms with Crippen LogP contribution < -0.4 is 10.9 Å². The number of amides is 2. The van der Waals surface area contributed by atoms with Crippen LogP contribution in [-0.2, 0) is 6.54 Å². The van der Waals surface area contributed by atoms with E-state index in [1.165, 1.54) is 24.3 Å². The van der Waals surface area contributed by atoms with Gasteiger partial charge in [0.1, 0.15) is 11.6 Å². The molecule has 0 radical (unpaired) electrons. The molecule has 3 fully saturated rings. The van der Waals surface area contributed by atoms with Crippen molar-refractivity contribution in [2.24, 2.45) is 11.3 Å². The fraction of sp³-hybridized carbons (Fsp3) is 0.516. The number of piperidine rings is 2. The highest BCUT2D eigenvalue weighted by Gasteiger charge is 2.47. The zero-order valence-electron chi connectivity index (χ0n) is 23.0. The first-order valence-electron chi connectivity index (χ1n) is 14.5. The molecule has 2 amide bonds. The predicted octanol–water partition coefficient (Wildman–Crippen LogP) is 5.10. The number of carbonyl (C=O) groups excluding carboxylic acids is 1. The molecule has 0 bridgehead atoms. The number of rotatable bonds is 4. The molecule has 1 aliphatic carbocycles. The molecule has 1 saturated carbocycles. The summed E-state index contributed by atoms with van der Waals surface area (Å²) in [4.78, 5) is 35.7. The lowest BCUT2D eigenvalue weighted by Crippen LogP contribution is -2.56. The number of hydrogen-bond donors (Lipinski definition) is 1. The summed E-state index contributed by atoms with van der Waals surface area (Å²) in [6.07, 6.45) is 8.21. The number of hydrogen-bond acceptors (Lipinski definition) is 4. The van der Waals surface area contributed by atoms with Crippen LogP contribution in [0, 0.1) is 23.0 Å². The lowest BCUT2D eigenvalue weighted by molar-refractivity contribution is 0.0208. The van der Waals surface area contributed by atoms with Gasteiger partial charge in [0.15, 0.2) is 0 Å². The van der Waals surface area contributed by atoms with Crippen molar-refractivity contribution in [2.45, 2.75) is 63.6 Å². The van der Waals surface area contributed by atoms with Gasteiger partial charge < -0.3 is 15.1 Å². The van der Waals surface area contributed by atoms with E-state index in [-0.39, 0.29) is 40.8 Å². The van der Waals surface area contributed by atoms with E-state index in [0.717, 1.165) is 50.5 Å². The molecule has 3 aromatic rings. The molecule has 2 aliphatic heterocycles. The molecule has 212 valence electrons. The Bertz CT molecular complexity index is 1450. The van der Waals surface area contributed by atoms with Crippen LogP contribution in [0.1, 0.15) is 56.6 Å². The topological polar surface area (TPSA) is 70.5 Å². The molecule has 9 heteroatoms. The molecule has 2 aromatic carbocycles. The van der Waals surface area contributed by atoms with Crippen LogP contribution in [0.3, 0.4) is 0 Å². The minimum Gasteiger partial charge on any atom is -0.324 e. The quantitative estimate of drug-likeness (QED) is 0.492. The van der Waals surface area contributed by atoms with Crippen LogP contribution in [0.4, 0.5) is 13.6 Å². The second-order valence-corrected chi connectivity index (χ2v) is 11.9. The molecule has 1 aromatic heterocycles. The van der Waals surface area contributed by atoms with Gasteiger partial charge >= 0.3 is 6.03 Å². The van der Waals surface area contributed by atoms with Gasteiger partial charge in [0.2, 0.25) is 0 Å². The molecule has 6 rings (SSSR count). The molecule has 1 N–H and O–H groups in total. The molecular formula is C31H37F2N5O2. The standard InChI is InChI=1S/C31H37F2N5O2/c1-34-25-10-14-38(28(17-25)21-5-4-6-23(32)15-21)30(40)36-13-9-22(31(19-36)11-2-3-12-31)18-37-20-35-27-8-7-24(33)16-26(27)29(37)39/h4-8,15-16,20,22,25,28,34H,2-3,9-14,17-19H2,1H3/t22-,25+,28-/m0/s1. The molecule has 0 unspecified atom stereocenters. The van der Waals surface area contributed by atoms with Crippen LogP contribution in [0.5, 0.6) is 0 Å². The largest absolute Gasteiger partial charge is 0.324 e.